The number of amides is 1. The first-order valence-corrected chi connectivity index (χ1v) is 5.95. The topological polar surface area (TPSA) is 78.9 Å². The number of rotatable bonds is 3. The highest BCUT2D eigenvalue weighted by Crippen LogP contribution is 2.48. The van der Waals surface area contributed by atoms with Crippen LogP contribution in [0.3, 0.4) is 0 Å². The van der Waals surface area contributed by atoms with E-state index in [4.69, 9.17) is 10.9 Å². The van der Waals surface area contributed by atoms with Crippen LogP contribution in [0.25, 0.3) is 0 Å². The molecule has 0 spiro atoms. The Balaban J connectivity index is 2.13. The first-order valence-electron chi connectivity index (χ1n) is 5.95. The van der Waals surface area contributed by atoms with Crippen LogP contribution in [-0.2, 0) is 4.79 Å². The second kappa shape index (κ2) is 3.96. The van der Waals surface area contributed by atoms with Crippen LogP contribution in [0.5, 0.6) is 0 Å². The van der Waals surface area contributed by atoms with Gasteiger partial charge >= 0.3 is 0 Å². The van der Waals surface area contributed by atoms with Crippen LogP contribution in [0.4, 0.5) is 0 Å². The molecular weight excluding hydrogens is 206 g/mol. The number of hydrogen-bond donors (Lipinski definition) is 2. The van der Waals surface area contributed by atoms with Crippen LogP contribution in [0.1, 0.15) is 39.0 Å². The summed E-state index contributed by atoms with van der Waals surface area (Å²) in [6.07, 6.45) is 4.56. The van der Waals surface area contributed by atoms with Gasteiger partial charge in [-0.3, -0.25) is 4.79 Å². The number of carbonyl (C=O) groups is 1. The molecule has 1 saturated carbocycles. The molecule has 3 N–H and O–H groups in total. The molecule has 5 nitrogen and oxygen atoms in total. The maximum Gasteiger partial charge on any atom is 0.236 e. The lowest BCUT2D eigenvalue weighted by Crippen LogP contribution is -2.45. The lowest BCUT2D eigenvalue weighted by Gasteiger charge is -2.27. The van der Waals surface area contributed by atoms with Gasteiger partial charge in [-0.25, -0.2) is 0 Å². The van der Waals surface area contributed by atoms with Crippen molar-refractivity contribution in [3.8, 4) is 0 Å². The summed E-state index contributed by atoms with van der Waals surface area (Å²) in [6, 6.07) is 0.344. The Labute approximate surface area is 95.3 Å². The van der Waals surface area contributed by atoms with Crippen molar-refractivity contribution < 1.29 is 10.0 Å². The van der Waals surface area contributed by atoms with Crippen molar-refractivity contribution in [3.63, 3.8) is 0 Å². The van der Waals surface area contributed by atoms with Gasteiger partial charge in [-0.1, -0.05) is 12.1 Å². The van der Waals surface area contributed by atoms with Gasteiger partial charge in [0, 0.05) is 12.6 Å². The first-order chi connectivity index (χ1) is 7.65. The summed E-state index contributed by atoms with van der Waals surface area (Å²) in [5, 5.41) is 11.7. The Morgan fingerprint density at radius 2 is 2.31 bits per heavy atom. The van der Waals surface area contributed by atoms with Crippen LogP contribution < -0.4 is 5.73 Å². The van der Waals surface area contributed by atoms with Gasteiger partial charge in [-0.05, 0) is 32.1 Å². The monoisotopic (exact) mass is 225 g/mol. The van der Waals surface area contributed by atoms with Crippen LogP contribution in [-0.4, -0.2) is 34.4 Å². The van der Waals surface area contributed by atoms with E-state index in [1.165, 1.54) is 0 Å². The van der Waals surface area contributed by atoms with Crippen molar-refractivity contribution in [2.75, 3.05) is 6.54 Å². The van der Waals surface area contributed by atoms with E-state index in [0.29, 0.717) is 18.9 Å². The molecule has 1 atom stereocenters. The van der Waals surface area contributed by atoms with Gasteiger partial charge in [0.05, 0.1) is 0 Å². The molecule has 0 aromatic carbocycles. The van der Waals surface area contributed by atoms with Crippen LogP contribution in [0, 0.1) is 5.41 Å². The van der Waals surface area contributed by atoms with Gasteiger partial charge in [-0.2, -0.15) is 0 Å². The third-order valence-corrected chi connectivity index (χ3v) is 3.87. The Hall–Kier alpha value is -1.26. The largest absolute Gasteiger partial charge is 0.409 e. The molecule has 1 aliphatic heterocycles. The van der Waals surface area contributed by atoms with Crippen LogP contribution >= 0.6 is 0 Å². The molecule has 90 valence electrons. The minimum Gasteiger partial charge on any atom is -0.409 e. The van der Waals surface area contributed by atoms with Crippen molar-refractivity contribution in [2.45, 2.75) is 45.1 Å². The normalized spacial score (nSPS) is 28.2. The molecule has 16 heavy (non-hydrogen) atoms. The molecule has 5 heteroatoms. The number of hydrogen-bond acceptors (Lipinski definition) is 3. The highest BCUT2D eigenvalue weighted by Gasteiger charge is 2.56. The zero-order valence-corrected chi connectivity index (χ0v) is 9.65. The Morgan fingerprint density at radius 3 is 2.81 bits per heavy atom. The van der Waals surface area contributed by atoms with Gasteiger partial charge in [0.25, 0.3) is 0 Å². The van der Waals surface area contributed by atoms with E-state index in [1.54, 1.807) is 0 Å². The molecule has 2 fully saturated rings. The second-order valence-electron chi connectivity index (χ2n) is 4.77. The van der Waals surface area contributed by atoms with E-state index in [2.05, 4.69) is 12.1 Å². The third kappa shape index (κ3) is 1.54. The van der Waals surface area contributed by atoms with E-state index in [1.807, 2.05) is 4.90 Å². The predicted octanol–water partition coefficient (Wildman–Crippen LogP) is 0.914. The zero-order valence-electron chi connectivity index (χ0n) is 9.65. The van der Waals surface area contributed by atoms with E-state index in [-0.39, 0.29) is 11.7 Å². The molecule has 0 aromatic rings. The fraction of sp³-hybridized carbons (Fsp3) is 0.818. The van der Waals surface area contributed by atoms with Gasteiger partial charge in [0.2, 0.25) is 5.91 Å². The highest BCUT2D eigenvalue weighted by atomic mass is 16.4. The minimum absolute atomic E-state index is 0.0622. The van der Waals surface area contributed by atoms with Gasteiger partial charge < -0.3 is 15.8 Å². The van der Waals surface area contributed by atoms with Crippen molar-refractivity contribution in [2.24, 2.45) is 16.3 Å². The zero-order chi connectivity index (χ0) is 11.8. The van der Waals surface area contributed by atoms with Crippen LogP contribution in [0.2, 0.25) is 0 Å². The quantitative estimate of drug-likeness (QED) is 0.324. The van der Waals surface area contributed by atoms with Crippen molar-refractivity contribution in [1.29, 1.82) is 0 Å². The fourth-order valence-corrected chi connectivity index (χ4v) is 2.60. The van der Waals surface area contributed by atoms with Gasteiger partial charge in [0.15, 0.2) is 5.84 Å². The molecule has 1 amide bonds. The molecule has 2 aliphatic rings. The number of oxime groups is 1. The molecule has 0 bridgehead atoms. The lowest BCUT2D eigenvalue weighted by atomic mass is 10.0. The maximum atomic E-state index is 12.4. The predicted molar refractivity (Wildman–Crippen MR) is 60.1 cm³/mol. The molecular formula is C11H19N3O2. The fourth-order valence-electron chi connectivity index (χ4n) is 2.60. The van der Waals surface area contributed by atoms with Gasteiger partial charge in [-0.15, -0.1) is 0 Å². The third-order valence-electron chi connectivity index (χ3n) is 3.87. The highest BCUT2D eigenvalue weighted by molar-refractivity contribution is 6.09. The Kier molecular flexibility index (Phi) is 2.78. The molecule has 2 rings (SSSR count). The maximum absolute atomic E-state index is 12.4. The summed E-state index contributed by atoms with van der Waals surface area (Å²) < 4.78 is 0. The number of carbonyl (C=O) groups excluding carboxylic acids is 1. The number of nitrogens with two attached hydrogens (primary N) is 1. The minimum atomic E-state index is -0.674. The SMILES string of the molecule is CCC1CCCN1C(=O)C1(C(N)=NO)CC1. The average Bonchev–Trinajstić information content (AvgIpc) is 2.98. The number of likely N-dealkylation sites (tertiary alicyclic amines) is 1. The van der Waals surface area contributed by atoms with Crippen LogP contribution in [0.15, 0.2) is 5.16 Å². The smallest absolute Gasteiger partial charge is 0.236 e. The number of amidine groups is 1. The summed E-state index contributed by atoms with van der Waals surface area (Å²) in [5.41, 5.74) is 4.95. The summed E-state index contributed by atoms with van der Waals surface area (Å²) >= 11 is 0. The van der Waals surface area contributed by atoms with E-state index in [0.717, 1.165) is 25.8 Å². The Morgan fingerprint density at radius 1 is 1.62 bits per heavy atom. The Bertz CT molecular complexity index is 323. The van der Waals surface area contributed by atoms with Crippen molar-refractivity contribution in [3.05, 3.63) is 0 Å². The molecule has 0 aromatic heterocycles. The summed E-state index contributed by atoms with van der Waals surface area (Å²) in [6.45, 7) is 2.91. The van der Waals surface area contributed by atoms with E-state index < -0.39 is 5.41 Å². The van der Waals surface area contributed by atoms with Gasteiger partial charge in [0.1, 0.15) is 5.41 Å². The molecule has 1 unspecified atom stereocenters. The van der Waals surface area contributed by atoms with E-state index in [9.17, 15) is 4.79 Å². The molecule has 1 saturated heterocycles. The molecule has 1 heterocycles. The standard InChI is InChI=1S/C11H19N3O2/c1-2-8-4-3-7-14(8)10(15)11(5-6-11)9(12)13-16/h8,16H,2-7H2,1H3,(H2,12,13). The second-order valence-corrected chi connectivity index (χ2v) is 4.77. The summed E-state index contributed by atoms with van der Waals surface area (Å²) in [4.78, 5) is 14.3. The van der Waals surface area contributed by atoms with Crippen molar-refractivity contribution in [1.82, 2.24) is 4.90 Å². The molecule has 1 aliphatic carbocycles. The summed E-state index contributed by atoms with van der Waals surface area (Å²) in [5.74, 6) is 0.145. The first kappa shape index (κ1) is 11.2. The summed E-state index contributed by atoms with van der Waals surface area (Å²) in [7, 11) is 0. The molecule has 0 radical (unpaired) electrons. The average molecular weight is 225 g/mol. The van der Waals surface area contributed by atoms with E-state index >= 15 is 0 Å². The lowest BCUT2D eigenvalue weighted by molar-refractivity contribution is -0.135. The number of nitrogens with zero attached hydrogens (tertiary/aromatic N) is 2. The van der Waals surface area contributed by atoms with Crippen molar-refractivity contribution >= 4 is 11.7 Å².